The van der Waals surface area contributed by atoms with Gasteiger partial charge in [-0.1, -0.05) is 18.2 Å². The molecule has 1 heterocycles. The van der Waals surface area contributed by atoms with Gasteiger partial charge in [0.2, 0.25) is 0 Å². The molecule has 0 N–H and O–H groups in total. The zero-order valence-corrected chi connectivity index (χ0v) is 14.1. The van der Waals surface area contributed by atoms with E-state index in [4.69, 9.17) is 9.47 Å². The molecule has 2 aromatic rings. The van der Waals surface area contributed by atoms with Gasteiger partial charge < -0.3 is 14.0 Å². The van der Waals surface area contributed by atoms with E-state index in [1.54, 1.807) is 7.11 Å². The van der Waals surface area contributed by atoms with Gasteiger partial charge in [0.1, 0.15) is 5.75 Å². The number of methoxy groups -OCH3 is 1. The van der Waals surface area contributed by atoms with Crippen LogP contribution in [0.15, 0.2) is 43.0 Å². The van der Waals surface area contributed by atoms with Gasteiger partial charge in [-0.15, -0.1) is 0 Å². The average Bonchev–Trinajstić information content (AvgIpc) is 3.08. The Morgan fingerprint density at radius 3 is 2.83 bits per heavy atom. The molecule has 0 radical (unpaired) electrons. The van der Waals surface area contributed by atoms with Gasteiger partial charge >= 0.3 is 0 Å². The maximum Gasteiger partial charge on any atom is 0.123 e. The first kappa shape index (κ1) is 17.5. The first-order chi connectivity index (χ1) is 11.3. The predicted octanol–water partition coefficient (Wildman–Crippen LogP) is 2.82. The Hall–Kier alpha value is -1.85. The third-order valence-electron chi connectivity index (χ3n) is 3.73. The lowest BCUT2D eigenvalue weighted by molar-refractivity contribution is 0.141. The van der Waals surface area contributed by atoms with Gasteiger partial charge in [0.15, 0.2) is 0 Å². The maximum absolute atomic E-state index is 5.74. The van der Waals surface area contributed by atoms with Crippen LogP contribution in [0.25, 0.3) is 0 Å². The number of aryl methyl sites for hydroxylation is 1. The number of hydrogen-bond acceptors (Lipinski definition) is 4. The molecular weight excluding hydrogens is 290 g/mol. The molecule has 23 heavy (non-hydrogen) atoms. The molecule has 1 aromatic heterocycles. The quantitative estimate of drug-likeness (QED) is 0.639. The second kappa shape index (κ2) is 10.0. The largest absolute Gasteiger partial charge is 0.494 e. The molecule has 0 amide bonds. The average molecular weight is 317 g/mol. The molecule has 0 unspecified atom stereocenters. The van der Waals surface area contributed by atoms with Crippen LogP contribution in [0.4, 0.5) is 0 Å². The highest BCUT2D eigenvalue weighted by Gasteiger charge is 2.10. The normalized spacial score (nSPS) is 11.1. The van der Waals surface area contributed by atoms with Crippen LogP contribution in [0, 0.1) is 0 Å². The Kier molecular flexibility index (Phi) is 7.63. The van der Waals surface area contributed by atoms with Gasteiger partial charge in [0.05, 0.1) is 19.5 Å². The van der Waals surface area contributed by atoms with Crippen LogP contribution in [0.3, 0.4) is 0 Å². The van der Waals surface area contributed by atoms with Gasteiger partial charge in [-0.3, -0.25) is 4.90 Å². The molecule has 0 atom stereocenters. The van der Waals surface area contributed by atoms with E-state index >= 15 is 0 Å². The van der Waals surface area contributed by atoms with Crippen molar-refractivity contribution in [2.45, 2.75) is 26.4 Å². The van der Waals surface area contributed by atoms with Crippen LogP contribution in [0.2, 0.25) is 0 Å². The van der Waals surface area contributed by atoms with E-state index in [0.717, 1.165) is 45.0 Å². The third kappa shape index (κ3) is 6.04. The minimum atomic E-state index is 0.690. The van der Waals surface area contributed by atoms with Crippen molar-refractivity contribution >= 4 is 0 Å². The van der Waals surface area contributed by atoms with Crippen LogP contribution in [0.1, 0.15) is 18.9 Å². The van der Waals surface area contributed by atoms with Gasteiger partial charge in [-0.05, 0) is 19.4 Å². The molecule has 0 aliphatic carbocycles. The summed E-state index contributed by atoms with van der Waals surface area (Å²) in [6.07, 6.45) is 6.77. The van der Waals surface area contributed by atoms with Crippen molar-refractivity contribution in [2.75, 3.05) is 33.4 Å². The van der Waals surface area contributed by atoms with Crippen LogP contribution in [-0.2, 0) is 17.8 Å². The first-order valence-electron chi connectivity index (χ1n) is 8.21. The number of ether oxygens (including phenoxy) is 2. The number of para-hydroxylation sites is 1. The zero-order valence-electron chi connectivity index (χ0n) is 14.1. The van der Waals surface area contributed by atoms with Gasteiger partial charge in [-0.2, -0.15) is 0 Å². The molecule has 0 saturated carbocycles. The fraction of sp³-hybridized carbons (Fsp3) is 0.500. The Bertz CT molecular complexity index is 543. The summed E-state index contributed by atoms with van der Waals surface area (Å²) in [5.41, 5.74) is 1.23. The number of nitrogens with zero attached hydrogens (tertiary/aromatic N) is 3. The Balaban J connectivity index is 1.91. The lowest BCUT2D eigenvalue weighted by Gasteiger charge is -2.23. The summed E-state index contributed by atoms with van der Waals surface area (Å²) in [5.74, 6) is 0.979. The van der Waals surface area contributed by atoms with Crippen molar-refractivity contribution in [3.63, 3.8) is 0 Å². The van der Waals surface area contributed by atoms with Crippen LogP contribution in [-0.4, -0.2) is 47.9 Å². The van der Waals surface area contributed by atoms with E-state index in [1.165, 1.54) is 5.56 Å². The van der Waals surface area contributed by atoms with Crippen molar-refractivity contribution in [1.29, 1.82) is 0 Å². The van der Waals surface area contributed by atoms with Crippen molar-refractivity contribution in [3.05, 3.63) is 48.5 Å². The predicted molar refractivity (Wildman–Crippen MR) is 91.6 cm³/mol. The Morgan fingerprint density at radius 1 is 1.22 bits per heavy atom. The Morgan fingerprint density at radius 2 is 2.09 bits per heavy atom. The van der Waals surface area contributed by atoms with E-state index in [0.29, 0.717) is 6.61 Å². The lowest BCUT2D eigenvalue weighted by atomic mass is 10.2. The Labute approximate surface area is 138 Å². The molecule has 126 valence electrons. The summed E-state index contributed by atoms with van der Waals surface area (Å²) in [6, 6.07) is 8.27. The number of rotatable bonds is 11. The number of imidazole rings is 1. The molecular formula is C18H27N3O2. The summed E-state index contributed by atoms with van der Waals surface area (Å²) in [6.45, 7) is 7.24. The van der Waals surface area contributed by atoms with Crippen molar-refractivity contribution in [3.8, 4) is 5.75 Å². The van der Waals surface area contributed by atoms with E-state index in [1.807, 2.05) is 37.8 Å². The molecule has 0 aliphatic heterocycles. The molecule has 5 nitrogen and oxygen atoms in total. The van der Waals surface area contributed by atoms with E-state index in [9.17, 15) is 0 Å². The fourth-order valence-electron chi connectivity index (χ4n) is 2.56. The third-order valence-corrected chi connectivity index (χ3v) is 3.73. The summed E-state index contributed by atoms with van der Waals surface area (Å²) in [5, 5.41) is 0. The maximum atomic E-state index is 5.74. The van der Waals surface area contributed by atoms with Gasteiger partial charge in [-0.25, -0.2) is 4.98 Å². The van der Waals surface area contributed by atoms with E-state index in [-0.39, 0.29) is 0 Å². The molecule has 0 saturated heterocycles. The molecule has 0 aliphatic rings. The minimum Gasteiger partial charge on any atom is -0.494 e. The van der Waals surface area contributed by atoms with Crippen molar-refractivity contribution in [2.24, 2.45) is 0 Å². The smallest absolute Gasteiger partial charge is 0.123 e. The van der Waals surface area contributed by atoms with Crippen molar-refractivity contribution < 1.29 is 9.47 Å². The number of aromatic nitrogens is 2. The lowest BCUT2D eigenvalue weighted by Crippen LogP contribution is -2.29. The van der Waals surface area contributed by atoms with E-state index in [2.05, 4.69) is 26.6 Å². The summed E-state index contributed by atoms with van der Waals surface area (Å²) in [4.78, 5) is 6.50. The SMILES string of the molecule is CCOc1ccccc1CN(CCCn1ccnc1)CCOC. The summed E-state index contributed by atoms with van der Waals surface area (Å²) < 4.78 is 13.1. The minimum absolute atomic E-state index is 0.690. The number of hydrogen-bond donors (Lipinski definition) is 0. The topological polar surface area (TPSA) is 39.5 Å². The second-order valence-electron chi connectivity index (χ2n) is 5.46. The molecule has 1 aromatic carbocycles. The first-order valence-corrected chi connectivity index (χ1v) is 8.21. The molecule has 0 fully saturated rings. The van der Waals surface area contributed by atoms with Gasteiger partial charge in [0, 0.05) is 51.2 Å². The number of benzene rings is 1. The molecule has 2 rings (SSSR count). The van der Waals surface area contributed by atoms with Crippen molar-refractivity contribution in [1.82, 2.24) is 14.5 Å². The molecule has 0 bridgehead atoms. The summed E-state index contributed by atoms with van der Waals surface area (Å²) in [7, 11) is 1.75. The zero-order chi connectivity index (χ0) is 16.3. The van der Waals surface area contributed by atoms with Crippen LogP contribution < -0.4 is 4.74 Å². The van der Waals surface area contributed by atoms with Crippen LogP contribution >= 0.6 is 0 Å². The standard InChI is InChI=1S/C18H27N3O2/c1-3-23-18-8-5-4-7-17(18)15-20(13-14-22-2)10-6-11-21-12-9-19-16-21/h4-5,7-9,12,16H,3,6,10-11,13-15H2,1-2H3. The molecule has 5 heteroatoms. The fourth-order valence-corrected chi connectivity index (χ4v) is 2.56. The summed E-state index contributed by atoms with van der Waals surface area (Å²) >= 11 is 0. The van der Waals surface area contributed by atoms with Crippen LogP contribution in [0.5, 0.6) is 5.75 Å². The van der Waals surface area contributed by atoms with E-state index < -0.39 is 0 Å². The highest BCUT2D eigenvalue weighted by atomic mass is 16.5. The highest BCUT2D eigenvalue weighted by Crippen LogP contribution is 2.20. The molecule has 0 spiro atoms. The van der Waals surface area contributed by atoms with Gasteiger partial charge in [0.25, 0.3) is 0 Å². The second-order valence-corrected chi connectivity index (χ2v) is 5.46. The highest BCUT2D eigenvalue weighted by molar-refractivity contribution is 5.33. The monoisotopic (exact) mass is 317 g/mol.